The predicted octanol–water partition coefficient (Wildman–Crippen LogP) is 5.67. The van der Waals surface area contributed by atoms with Gasteiger partial charge in [-0.25, -0.2) is 4.79 Å². The number of aliphatic carboxylic acids is 1. The van der Waals surface area contributed by atoms with Gasteiger partial charge in [-0.05, 0) is 24.8 Å². The fourth-order valence-corrected chi connectivity index (χ4v) is 4.51. The monoisotopic (exact) mass is 504 g/mol. The Morgan fingerprint density at radius 2 is 1.39 bits per heavy atom. The lowest BCUT2D eigenvalue weighted by atomic mass is 10.0. The van der Waals surface area contributed by atoms with Crippen molar-refractivity contribution in [2.45, 2.75) is 115 Å². The Morgan fingerprint density at radius 3 is 1.92 bits per heavy atom. The quantitative estimate of drug-likeness (QED) is 0.146. The van der Waals surface area contributed by atoms with E-state index in [1.165, 1.54) is 44.9 Å². The van der Waals surface area contributed by atoms with Gasteiger partial charge in [0.1, 0.15) is 12.7 Å². The Labute approximate surface area is 215 Å². The highest BCUT2D eigenvalue weighted by Gasteiger charge is 2.39. The molecule has 0 amide bonds. The van der Waals surface area contributed by atoms with E-state index in [-0.39, 0.29) is 13.0 Å². The molecule has 7 heteroatoms. The van der Waals surface area contributed by atoms with E-state index in [0.717, 1.165) is 44.1 Å². The number of aliphatic hydroxyl groups is 2. The molecule has 0 unspecified atom stereocenters. The zero-order valence-electron chi connectivity index (χ0n) is 21.5. The van der Waals surface area contributed by atoms with Gasteiger partial charge >= 0.3 is 11.9 Å². The largest absolute Gasteiger partial charge is 0.489 e. The SMILES string of the molecule is O=C(O)CCCCCCCCCCCCCCCC1=C(OCc2ccccc2)[C@@H]([C@@H](O)CO)OC1=O. The van der Waals surface area contributed by atoms with Gasteiger partial charge in [-0.15, -0.1) is 0 Å². The zero-order valence-corrected chi connectivity index (χ0v) is 21.5. The van der Waals surface area contributed by atoms with E-state index in [2.05, 4.69) is 0 Å². The second kappa shape index (κ2) is 18.0. The molecule has 3 N–H and O–H groups in total. The van der Waals surface area contributed by atoms with Gasteiger partial charge in [-0.2, -0.15) is 0 Å². The van der Waals surface area contributed by atoms with Gasteiger partial charge in [0.15, 0.2) is 11.9 Å². The van der Waals surface area contributed by atoms with Crippen LogP contribution in [0.25, 0.3) is 0 Å². The van der Waals surface area contributed by atoms with Gasteiger partial charge in [0.25, 0.3) is 0 Å². The number of benzene rings is 1. The average Bonchev–Trinajstić information content (AvgIpc) is 3.19. The number of carbonyl (C=O) groups excluding carboxylic acids is 1. The number of aliphatic hydroxyl groups excluding tert-OH is 2. The molecule has 0 radical (unpaired) electrons. The Morgan fingerprint density at radius 1 is 0.861 bits per heavy atom. The second-order valence-electron chi connectivity index (χ2n) is 9.68. The Hall–Kier alpha value is -2.38. The average molecular weight is 505 g/mol. The zero-order chi connectivity index (χ0) is 26.0. The first-order valence-electron chi connectivity index (χ1n) is 13.6. The third kappa shape index (κ3) is 11.6. The molecule has 0 saturated heterocycles. The minimum atomic E-state index is -1.20. The fourth-order valence-electron chi connectivity index (χ4n) is 4.51. The topological polar surface area (TPSA) is 113 Å². The van der Waals surface area contributed by atoms with Crippen LogP contribution in [0, 0.1) is 0 Å². The molecule has 1 aromatic carbocycles. The van der Waals surface area contributed by atoms with Crippen LogP contribution in [0.5, 0.6) is 0 Å². The molecule has 7 nitrogen and oxygen atoms in total. The fraction of sp³-hybridized carbons (Fsp3) is 0.655. The van der Waals surface area contributed by atoms with Crippen molar-refractivity contribution >= 4 is 11.9 Å². The standard InChI is InChI=1S/C29H44O7/c30-21-25(31)28-27(35-22-23-17-13-12-14-18-23)24(29(34)36-28)19-15-10-8-6-4-2-1-3-5-7-9-11-16-20-26(32)33/h12-14,17-18,25,28,30-31H,1-11,15-16,19-22H2,(H,32,33)/t25-,28+/m0/s1. The van der Waals surface area contributed by atoms with Crippen molar-refractivity contribution in [3.63, 3.8) is 0 Å². The van der Waals surface area contributed by atoms with E-state index >= 15 is 0 Å². The number of carboxylic acids is 1. The summed E-state index contributed by atoms with van der Waals surface area (Å²) in [4.78, 5) is 22.9. The molecular formula is C29H44O7. The van der Waals surface area contributed by atoms with E-state index in [0.29, 0.717) is 17.8 Å². The van der Waals surface area contributed by atoms with Crippen LogP contribution in [-0.4, -0.2) is 46.1 Å². The van der Waals surface area contributed by atoms with Gasteiger partial charge < -0.3 is 24.8 Å². The number of esters is 1. The molecule has 36 heavy (non-hydrogen) atoms. The van der Waals surface area contributed by atoms with Gasteiger partial charge in [-0.3, -0.25) is 4.79 Å². The summed E-state index contributed by atoms with van der Waals surface area (Å²) in [5.41, 5.74) is 1.43. The summed E-state index contributed by atoms with van der Waals surface area (Å²) in [6.45, 7) is -0.230. The van der Waals surface area contributed by atoms with Crippen molar-refractivity contribution in [3.05, 3.63) is 47.2 Å². The third-order valence-corrected chi connectivity index (χ3v) is 6.63. The van der Waals surface area contributed by atoms with Gasteiger partial charge in [0.2, 0.25) is 0 Å². The molecular weight excluding hydrogens is 460 g/mol. The molecule has 1 aliphatic rings. The summed E-state index contributed by atoms with van der Waals surface area (Å²) in [6.07, 6.45) is 13.2. The molecule has 0 spiro atoms. The number of hydrogen-bond acceptors (Lipinski definition) is 6. The van der Waals surface area contributed by atoms with E-state index in [1.807, 2.05) is 30.3 Å². The van der Waals surface area contributed by atoms with E-state index in [9.17, 15) is 19.8 Å². The number of carbonyl (C=O) groups is 2. The normalized spacial score (nSPS) is 16.3. The molecule has 202 valence electrons. The molecule has 0 bridgehead atoms. The van der Waals surface area contributed by atoms with Crippen LogP contribution in [-0.2, 0) is 25.7 Å². The van der Waals surface area contributed by atoms with E-state index in [1.54, 1.807) is 0 Å². The van der Waals surface area contributed by atoms with Crippen LogP contribution in [0.2, 0.25) is 0 Å². The van der Waals surface area contributed by atoms with Crippen LogP contribution in [0.3, 0.4) is 0 Å². The van der Waals surface area contributed by atoms with Crippen LogP contribution in [0.4, 0.5) is 0 Å². The minimum absolute atomic E-state index is 0.273. The van der Waals surface area contributed by atoms with Gasteiger partial charge in [0.05, 0.1) is 12.2 Å². The summed E-state index contributed by atoms with van der Waals surface area (Å²) in [6, 6.07) is 9.61. The van der Waals surface area contributed by atoms with Crippen LogP contribution >= 0.6 is 0 Å². The van der Waals surface area contributed by atoms with Crippen molar-refractivity contribution in [1.82, 2.24) is 0 Å². The van der Waals surface area contributed by atoms with Crippen molar-refractivity contribution in [2.75, 3.05) is 6.61 Å². The summed E-state index contributed by atoms with van der Waals surface area (Å²) in [5.74, 6) is -0.804. The molecule has 1 heterocycles. The summed E-state index contributed by atoms with van der Waals surface area (Å²) in [5, 5.41) is 28.1. The number of hydrogen-bond donors (Lipinski definition) is 3. The minimum Gasteiger partial charge on any atom is -0.489 e. The van der Waals surface area contributed by atoms with E-state index in [4.69, 9.17) is 14.6 Å². The number of rotatable bonds is 21. The smallest absolute Gasteiger partial charge is 0.338 e. The summed E-state index contributed by atoms with van der Waals surface area (Å²) < 4.78 is 11.3. The molecule has 2 rings (SSSR count). The lowest BCUT2D eigenvalue weighted by Crippen LogP contribution is -2.32. The lowest BCUT2D eigenvalue weighted by molar-refractivity contribution is -0.146. The molecule has 1 aliphatic heterocycles. The Kier molecular flexibility index (Phi) is 14.9. The highest BCUT2D eigenvalue weighted by Crippen LogP contribution is 2.30. The number of cyclic esters (lactones) is 1. The third-order valence-electron chi connectivity index (χ3n) is 6.63. The summed E-state index contributed by atoms with van der Waals surface area (Å²) >= 11 is 0. The van der Waals surface area contributed by atoms with E-state index < -0.39 is 30.8 Å². The van der Waals surface area contributed by atoms with Crippen molar-refractivity contribution < 1.29 is 34.4 Å². The summed E-state index contributed by atoms with van der Waals surface area (Å²) in [7, 11) is 0. The molecule has 1 aromatic rings. The predicted molar refractivity (Wildman–Crippen MR) is 138 cm³/mol. The molecule has 0 aliphatic carbocycles. The number of carboxylic acid groups (broad SMARTS) is 1. The lowest BCUT2D eigenvalue weighted by Gasteiger charge is -2.19. The second-order valence-corrected chi connectivity index (χ2v) is 9.68. The maximum atomic E-state index is 12.4. The molecule has 0 fully saturated rings. The maximum absolute atomic E-state index is 12.4. The van der Waals surface area contributed by atoms with Crippen molar-refractivity contribution in [3.8, 4) is 0 Å². The van der Waals surface area contributed by atoms with Crippen molar-refractivity contribution in [2.24, 2.45) is 0 Å². The maximum Gasteiger partial charge on any atom is 0.338 e. The highest BCUT2D eigenvalue weighted by molar-refractivity contribution is 5.91. The molecule has 0 saturated carbocycles. The Bertz CT molecular complexity index is 790. The first-order valence-corrected chi connectivity index (χ1v) is 13.6. The molecule has 2 atom stereocenters. The molecule has 0 aromatic heterocycles. The first-order chi connectivity index (χ1) is 17.5. The highest BCUT2D eigenvalue weighted by atomic mass is 16.6. The number of ether oxygens (including phenoxy) is 2. The van der Waals surface area contributed by atoms with Crippen LogP contribution < -0.4 is 0 Å². The van der Waals surface area contributed by atoms with Gasteiger partial charge in [-0.1, -0.05) is 101 Å². The van der Waals surface area contributed by atoms with Gasteiger partial charge in [0, 0.05) is 6.42 Å². The Balaban J connectivity index is 1.60. The van der Waals surface area contributed by atoms with Crippen LogP contribution in [0.1, 0.15) is 102 Å². The van der Waals surface area contributed by atoms with Crippen LogP contribution in [0.15, 0.2) is 41.7 Å². The number of unbranched alkanes of at least 4 members (excludes halogenated alkanes) is 12. The van der Waals surface area contributed by atoms with Crippen molar-refractivity contribution in [1.29, 1.82) is 0 Å². The first kappa shape index (κ1) is 29.8.